The second-order valence-electron chi connectivity index (χ2n) is 1.11. The first-order chi connectivity index (χ1) is 3.83. The van der Waals surface area contributed by atoms with Gasteiger partial charge < -0.3 is 0 Å². The summed E-state index contributed by atoms with van der Waals surface area (Å²) < 4.78 is 0.529. The van der Waals surface area contributed by atoms with Crippen molar-refractivity contribution in [1.29, 1.82) is 5.26 Å². The molecule has 0 aliphatic carbocycles. The summed E-state index contributed by atoms with van der Waals surface area (Å²) in [6, 6.07) is 1.88. The standard InChI is InChI=1S/C4HN2S2/c5-1-3-2-8-4(7)6-3/h2H. The summed E-state index contributed by atoms with van der Waals surface area (Å²) >= 11 is 5.97. The van der Waals surface area contributed by atoms with Gasteiger partial charge in [0.15, 0.2) is 10.0 Å². The monoisotopic (exact) mass is 141 g/mol. The smallest absolute Gasteiger partial charge is 0.181 e. The minimum atomic E-state index is 0.417. The zero-order valence-electron chi connectivity index (χ0n) is 3.79. The van der Waals surface area contributed by atoms with E-state index in [1.54, 1.807) is 5.38 Å². The Bertz CT molecular complexity index is 222. The Morgan fingerprint density at radius 3 is 2.88 bits per heavy atom. The Hall–Kier alpha value is -0.660. The Labute approximate surface area is 56.2 Å². The van der Waals surface area contributed by atoms with Crippen molar-refractivity contribution in [3.05, 3.63) is 11.1 Å². The fourth-order valence-electron chi connectivity index (χ4n) is 0.309. The molecule has 0 spiro atoms. The number of rotatable bonds is 0. The lowest BCUT2D eigenvalue weighted by molar-refractivity contribution is 1.22. The third-order valence-corrected chi connectivity index (χ3v) is 1.61. The molecule has 39 valence electrons. The van der Waals surface area contributed by atoms with Gasteiger partial charge in [-0.05, 0) is 12.6 Å². The molecule has 8 heavy (non-hydrogen) atoms. The lowest BCUT2D eigenvalue weighted by Crippen LogP contribution is -1.67. The van der Waals surface area contributed by atoms with Crippen LogP contribution in [0.3, 0.4) is 0 Å². The number of thiazole rings is 1. The third-order valence-electron chi connectivity index (χ3n) is 0.598. The highest BCUT2D eigenvalue weighted by molar-refractivity contribution is 7.82. The molecule has 1 aromatic rings. The predicted octanol–water partition coefficient (Wildman–Crippen LogP) is 1.57. The molecule has 1 rings (SSSR count). The van der Waals surface area contributed by atoms with Gasteiger partial charge in [0.25, 0.3) is 0 Å². The summed E-state index contributed by atoms with van der Waals surface area (Å²) in [5, 5.41) is 9.84. The third kappa shape index (κ3) is 0.941. The van der Waals surface area contributed by atoms with Gasteiger partial charge in [0.05, 0.1) is 0 Å². The van der Waals surface area contributed by atoms with Crippen molar-refractivity contribution >= 4 is 24.0 Å². The second-order valence-corrected chi connectivity index (χ2v) is 2.61. The predicted molar refractivity (Wildman–Crippen MR) is 32.7 cm³/mol. The first-order valence-electron chi connectivity index (χ1n) is 1.85. The minimum absolute atomic E-state index is 0.417. The molecule has 2 nitrogen and oxygen atoms in total. The highest BCUT2D eigenvalue weighted by atomic mass is 32.2. The van der Waals surface area contributed by atoms with Crippen molar-refractivity contribution in [3.8, 4) is 6.07 Å². The van der Waals surface area contributed by atoms with Crippen LogP contribution in [-0.4, -0.2) is 4.98 Å². The van der Waals surface area contributed by atoms with Crippen molar-refractivity contribution in [2.75, 3.05) is 0 Å². The molecule has 0 aliphatic rings. The lowest BCUT2D eigenvalue weighted by atomic mass is 10.6. The fourth-order valence-corrected chi connectivity index (χ4v) is 1.02. The molecule has 0 aliphatic heterocycles. The molecular weight excluding hydrogens is 140 g/mol. The van der Waals surface area contributed by atoms with Gasteiger partial charge in [0, 0.05) is 5.38 Å². The highest BCUT2D eigenvalue weighted by Crippen LogP contribution is 2.11. The van der Waals surface area contributed by atoms with Gasteiger partial charge in [-0.1, -0.05) is 0 Å². The SMILES string of the molecule is N#Cc1csc([S])n1. The maximum absolute atomic E-state index is 8.20. The van der Waals surface area contributed by atoms with Gasteiger partial charge >= 0.3 is 0 Å². The molecule has 0 bridgehead atoms. The van der Waals surface area contributed by atoms with E-state index in [1.807, 2.05) is 6.07 Å². The Morgan fingerprint density at radius 1 is 1.88 bits per heavy atom. The van der Waals surface area contributed by atoms with E-state index in [-0.39, 0.29) is 0 Å². The summed E-state index contributed by atoms with van der Waals surface area (Å²) in [5.74, 6) is 0. The van der Waals surface area contributed by atoms with Crippen LogP contribution in [0.15, 0.2) is 9.72 Å². The molecule has 0 amide bonds. The fraction of sp³-hybridized carbons (Fsp3) is 0. The zero-order chi connectivity index (χ0) is 5.98. The summed E-state index contributed by atoms with van der Waals surface area (Å²) in [7, 11) is 0. The van der Waals surface area contributed by atoms with Gasteiger partial charge in [0.2, 0.25) is 0 Å². The maximum Gasteiger partial charge on any atom is 0.181 e. The average molecular weight is 141 g/mol. The van der Waals surface area contributed by atoms with E-state index < -0.39 is 0 Å². The van der Waals surface area contributed by atoms with Crippen LogP contribution in [0.4, 0.5) is 0 Å². The number of aromatic nitrogens is 1. The van der Waals surface area contributed by atoms with E-state index in [2.05, 4.69) is 17.6 Å². The van der Waals surface area contributed by atoms with E-state index in [1.165, 1.54) is 11.3 Å². The average Bonchev–Trinajstić information content (AvgIpc) is 2.14. The van der Waals surface area contributed by atoms with Crippen LogP contribution in [0.1, 0.15) is 5.69 Å². The molecule has 1 aromatic heterocycles. The topological polar surface area (TPSA) is 36.7 Å². The Kier molecular flexibility index (Phi) is 1.42. The minimum Gasteiger partial charge on any atom is -0.215 e. The molecule has 0 saturated heterocycles. The molecule has 0 aromatic carbocycles. The van der Waals surface area contributed by atoms with E-state index in [4.69, 9.17) is 5.26 Å². The molecule has 0 fully saturated rings. The summed E-state index contributed by atoms with van der Waals surface area (Å²) in [4.78, 5) is 3.70. The molecule has 1 heterocycles. The first-order valence-corrected chi connectivity index (χ1v) is 3.14. The molecule has 0 saturated carbocycles. The van der Waals surface area contributed by atoms with E-state index in [0.29, 0.717) is 10.0 Å². The number of hydrogen-bond donors (Lipinski definition) is 0. The summed E-state index contributed by atoms with van der Waals surface area (Å²) in [6.45, 7) is 0. The Morgan fingerprint density at radius 2 is 2.62 bits per heavy atom. The summed E-state index contributed by atoms with van der Waals surface area (Å²) in [5.41, 5.74) is 0.417. The zero-order valence-corrected chi connectivity index (χ0v) is 5.42. The van der Waals surface area contributed by atoms with Gasteiger partial charge in [-0.15, -0.1) is 11.3 Å². The van der Waals surface area contributed by atoms with E-state index in [9.17, 15) is 0 Å². The van der Waals surface area contributed by atoms with Gasteiger partial charge in [0.1, 0.15) is 6.07 Å². The largest absolute Gasteiger partial charge is 0.215 e. The van der Waals surface area contributed by atoms with Crippen LogP contribution < -0.4 is 0 Å². The van der Waals surface area contributed by atoms with Gasteiger partial charge in [-0.2, -0.15) is 5.26 Å². The normalized spacial score (nSPS) is 8.38. The maximum atomic E-state index is 8.20. The van der Waals surface area contributed by atoms with Crippen LogP contribution in [-0.2, 0) is 0 Å². The van der Waals surface area contributed by atoms with Crippen molar-refractivity contribution in [1.82, 2.24) is 4.98 Å². The quantitative estimate of drug-likeness (QED) is 0.550. The molecular formula is C4HN2S2. The van der Waals surface area contributed by atoms with Crippen LogP contribution >= 0.6 is 24.0 Å². The molecule has 4 heteroatoms. The van der Waals surface area contributed by atoms with Crippen LogP contribution in [0, 0.1) is 11.3 Å². The van der Waals surface area contributed by atoms with Crippen LogP contribution in [0.25, 0.3) is 0 Å². The second kappa shape index (κ2) is 2.07. The van der Waals surface area contributed by atoms with Crippen LogP contribution in [0.2, 0.25) is 0 Å². The Balaban J connectivity index is 3.05. The van der Waals surface area contributed by atoms with Crippen molar-refractivity contribution in [3.63, 3.8) is 0 Å². The van der Waals surface area contributed by atoms with Gasteiger partial charge in [-0.3, -0.25) is 0 Å². The summed E-state index contributed by atoms with van der Waals surface area (Å²) in [6.07, 6.45) is 0. The molecule has 1 radical (unpaired) electrons. The van der Waals surface area contributed by atoms with Crippen molar-refractivity contribution < 1.29 is 0 Å². The number of hydrogen-bond acceptors (Lipinski definition) is 3. The van der Waals surface area contributed by atoms with Crippen molar-refractivity contribution in [2.45, 2.75) is 4.34 Å². The van der Waals surface area contributed by atoms with E-state index >= 15 is 0 Å². The molecule has 0 N–H and O–H groups in total. The van der Waals surface area contributed by atoms with E-state index in [0.717, 1.165) is 0 Å². The number of nitriles is 1. The van der Waals surface area contributed by atoms with Crippen LogP contribution in [0.5, 0.6) is 0 Å². The van der Waals surface area contributed by atoms with Crippen molar-refractivity contribution in [2.24, 2.45) is 0 Å². The lowest BCUT2D eigenvalue weighted by Gasteiger charge is -1.66. The number of nitrogens with zero attached hydrogens (tertiary/aromatic N) is 2. The molecule has 0 atom stereocenters. The van der Waals surface area contributed by atoms with Gasteiger partial charge in [-0.25, -0.2) is 4.98 Å². The molecule has 0 unspecified atom stereocenters. The highest BCUT2D eigenvalue weighted by Gasteiger charge is 1.93. The first kappa shape index (κ1) is 5.48.